The number of hydrogen-bond donors (Lipinski definition) is 0. The van der Waals surface area contributed by atoms with Gasteiger partial charge in [-0.2, -0.15) is 0 Å². The van der Waals surface area contributed by atoms with Crippen LogP contribution in [0.5, 0.6) is 0 Å². The second kappa shape index (κ2) is 11.3. The maximum Gasteiger partial charge on any atom is 0.220 e. The van der Waals surface area contributed by atoms with Gasteiger partial charge in [0.05, 0.1) is 25.6 Å². The number of hydrogen-bond acceptors (Lipinski definition) is 4. The molecule has 0 bridgehead atoms. The molecule has 0 heterocycles. The topological polar surface area (TPSA) is 43.2 Å². The maximum absolute atomic E-state index is 5.53. The van der Waals surface area contributed by atoms with Crippen molar-refractivity contribution in [2.75, 3.05) is 14.2 Å². The van der Waals surface area contributed by atoms with Crippen LogP contribution in [0.15, 0.2) is 107 Å². The van der Waals surface area contributed by atoms with E-state index in [1.807, 2.05) is 72.8 Å². The summed E-state index contributed by atoms with van der Waals surface area (Å²) in [4.78, 5) is 9.43. The molecule has 0 aliphatic rings. The first-order valence-electron chi connectivity index (χ1n) is 11.6. The van der Waals surface area contributed by atoms with Crippen molar-refractivity contribution in [3.63, 3.8) is 0 Å². The van der Waals surface area contributed by atoms with E-state index in [2.05, 4.69) is 38.1 Å². The number of nitrogens with zero attached hydrogens (tertiary/aromatic N) is 2. The normalized spacial score (nSPS) is 11.9. The fourth-order valence-corrected chi connectivity index (χ4v) is 3.95. The van der Waals surface area contributed by atoms with Crippen molar-refractivity contribution >= 4 is 23.2 Å². The Bertz CT molecular complexity index is 1240. The van der Waals surface area contributed by atoms with E-state index in [4.69, 9.17) is 19.5 Å². The Hall–Kier alpha value is -4.18. The summed E-state index contributed by atoms with van der Waals surface area (Å²) in [5.74, 6) is 1.21. The molecule has 0 amide bonds. The van der Waals surface area contributed by atoms with Gasteiger partial charge in [-0.15, -0.1) is 0 Å². The molecule has 0 unspecified atom stereocenters. The van der Waals surface area contributed by atoms with Gasteiger partial charge in [-0.25, -0.2) is 9.98 Å². The van der Waals surface area contributed by atoms with E-state index in [1.165, 1.54) is 22.3 Å². The van der Waals surface area contributed by atoms with E-state index in [0.29, 0.717) is 11.8 Å². The first-order valence-corrected chi connectivity index (χ1v) is 11.6. The molecule has 35 heavy (non-hydrogen) atoms. The summed E-state index contributed by atoms with van der Waals surface area (Å²) in [7, 11) is 3.30. The Morgan fingerprint density at radius 3 is 1.31 bits per heavy atom. The number of aryl methyl sites for hydroxylation is 2. The van der Waals surface area contributed by atoms with Crippen LogP contribution in [0, 0.1) is 13.8 Å². The van der Waals surface area contributed by atoms with Crippen LogP contribution < -0.4 is 0 Å². The number of aliphatic imine (C=N–C) groups is 2. The number of rotatable bonds is 6. The lowest BCUT2D eigenvalue weighted by Gasteiger charge is -2.11. The van der Waals surface area contributed by atoms with Crippen molar-refractivity contribution < 1.29 is 9.47 Å². The van der Waals surface area contributed by atoms with Gasteiger partial charge in [-0.3, -0.25) is 0 Å². The predicted octanol–water partition coefficient (Wildman–Crippen LogP) is 7.34. The van der Waals surface area contributed by atoms with Crippen LogP contribution in [0.3, 0.4) is 0 Å². The average molecular weight is 463 g/mol. The highest BCUT2D eigenvalue weighted by molar-refractivity contribution is 5.96. The van der Waals surface area contributed by atoms with Gasteiger partial charge in [0.15, 0.2) is 0 Å². The molecule has 0 aliphatic carbocycles. The molecule has 4 rings (SSSR count). The molecule has 0 fully saturated rings. The number of methoxy groups -OCH3 is 2. The molecule has 0 atom stereocenters. The van der Waals surface area contributed by atoms with Crippen LogP contribution in [0.1, 0.15) is 33.4 Å². The Labute approximate surface area is 207 Å². The molecule has 4 aromatic rings. The summed E-state index contributed by atoms with van der Waals surface area (Å²) >= 11 is 0. The van der Waals surface area contributed by atoms with E-state index in [0.717, 1.165) is 28.9 Å². The van der Waals surface area contributed by atoms with Crippen molar-refractivity contribution in [2.45, 2.75) is 20.3 Å². The molecule has 0 aliphatic heterocycles. The molecular formula is C31H30N2O2. The van der Waals surface area contributed by atoms with E-state index in [9.17, 15) is 0 Å². The standard InChI is InChI=1S/C31H30N2O2/c1-22-19-28(32-30(34-3)24-11-7-5-8-12-24)17-15-26(22)21-27-16-18-29(20-23(27)2)33-31(35-4)25-13-9-6-10-14-25/h5-20H,21H2,1-4H3/b32-30-,33-31-. The first-order chi connectivity index (χ1) is 17.1. The van der Waals surface area contributed by atoms with Gasteiger partial charge in [0.25, 0.3) is 0 Å². The zero-order chi connectivity index (χ0) is 24.6. The van der Waals surface area contributed by atoms with Gasteiger partial charge < -0.3 is 9.47 Å². The third-order valence-corrected chi connectivity index (χ3v) is 5.92. The molecule has 0 saturated heterocycles. The van der Waals surface area contributed by atoms with Gasteiger partial charge in [-0.1, -0.05) is 48.5 Å². The van der Waals surface area contributed by atoms with Crippen LogP contribution >= 0.6 is 0 Å². The van der Waals surface area contributed by atoms with Gasteiger partial charge in [0.2, 0.25) is 11.8 Å². The van der Waals surface area contributed by atoms with Crippen molar-refractivity contribution in [3.8, 4) is 0 Å². The van der Waals surface area contributed by atoms with Crippen LogP contribution in [-0.4, -0.2) is 26.0 Å². The summed E-state index contributed by atoms with van der Waals surface area (Å²) in [6.45, 7) is 4.25. The van der Waals surface area contributed by atoms with Crippen LogP contribution in [-0.2, 0) is 15.9 Å². The van der Waals surface area contributed by atoms with E-state index in [1.54, 1.807) is 14.2 Å². The molecule has 0 saturated carbocycles. The lowest BCUT2D eigenvalue weighted by atomic mass is 9.97. The highest BCUT2D eigenvalue weighted by atomic mass is 16.5. The third-order valence-electron chi connectivity index (χ3n) is 5.92. The van der Waals surface area contributed by atoms with Gasteiger partial charge in [0.1, 0.15) is 0 Å². The highest BCUT2D eigenvalue weighted by Gasteiger charge is 2.08. The van der Waals surface area contributed by atoms with Gasteiger partial charge >= 0.3 is 0 Å². The minimum absolute atomic E-state index is 0.607. The molecule has 0 N–H and O–H groups in total. The summed E-state index contributed by atoms with van der Waals surface area (Å²) in [6, 6.07) is 32.5. The van der Waals surface area contributed by atoms with E-state index in [-0.39, 0.29) is 0 Å². The molecule has 0 spiro atoms. The smallest absolute Gasteiger partial charge is 0.220 e. The van der Waals surface area contributed by atoms with Crippen LogP contribution in [0.4, 0.5) is 11.4 Å². The van der Waals surface area contributed by atoms with Crippen molar-refractivity contribution in [1.82, 2.24) is 0 Å². The number of benzene rings is 4. The Morgan fingerprint density at radius 2 is 0.971 bits per heavy atom. The van der Waals surface area contributed by atoms with Crippen molar-refractivity contribution in [2.24, 2.45) is 9.98 Å². The van der Waals surface area contributed by atoms with E-state index >= 15 is 0 Å². The molecule has 176 valence electrons. The van der Waals surface area contributed by atoms with Crippen LogP contribution in [0.2, 0.25) is 0 Å². The average Bonchev–Trinajstić information content (AvgIpc) is 2.89. The SMILES string of the molecule is CO/C(=N\c1ccc(Cc2ccc(/N=C(\OC)c3ccccc3)cc2C)c(C)c1)c1ccccc1. The van der Waals surface area contributed by atoms with Gasteiger partial charge in [-0.05, 0) is 91.1 Å². The lowest BCUT2D eigenvalue weighted by Crippen LogP contribution is -2.03. The van der Waals surface area contributed by atoms with Crippen molar-refractivity contribution in [3.05, 3.63) is 130 Å². The predicted molar refractivity (Wildman–Crippen MR) is 144 cm³/mol. The molecule has 0 aromatic heterocycles. The van der Waals surface area contributed by atoms with Crippen molar-refractivity contribution in [1.29, 1.82) is 0 Å². The molecule has 4 aromatic carbocycles. The van der Waals surface area contributed by atoms with Crippen LogP contribution in [0.25, 0.3) is 0 Å². The van der Waals surface area contributed by atoms with Gasteiger partial charge in [0, 0.05) is 11.1 Å². The zero-order valence-corrected chi connectivity index (χ0v) is 20.7. The summed E-state index contributed by atoms with van der Waals surface area (Å²) in [5.41, 5.74) is 8.59. The molecule has 4 heteroatoms. The minimum atomic E-state index is 0.607. The third kappa shape index (κ3) is 6.04. The van der Waals surface area contributed by atoms with E-state index < -0.39 is 0 Å². The fourth-order valence-electron chi connectivity index (χ4n) is 3.95. The highest BCUT2D eigenvalue weighted by Crippen LogP contribution is 2.25. The summed E-state index contributed by atoms with van der Waals surface area (Å²) in [5, 5.41) is 0. The Balaban J connectivity index is 1.53. The summed E-state index contributed by atoms with van der Waals surface area (Å²) < 4.78 is 11.1. The largest absolute Gasteiger partial charge is 0.481 e. The quantitative estimate of drug-likeness (QED) is 0.222. The minimum Gasteiger partial charge on any atom is -0.481 e. The first kappa shape index (κ1) is 24.0. The Kier molecular flexibility index (Phi) is 7.74. The lowest BCUT2D eigenvalue weighted by molar-refractivity contribution is 0.405. The molecular weight excluding hydrogens is 432 g/mol. The second-order valence-electron chi connectivity index (χ2n) is 8.37. The maximum atomic E-state index is 5.53. The number of ether oxygens (including phenoxy) is 2. The second-order valence-corrected chi connectivity index (χ2v) is 8.37. The monoisotopic (exact) mass is 462 g/mol. The fraction of sp³-hybridized carbons (Fsp3) is 0.161. The molecule has 4 nitrogen and oxygen atoms in total. The Morgan fingerprint density at radius 1 is 0.571 bits per heavy atom. The summed E-state index contributed by atoms with van der Waals surface area (Å²) in [6.07, 6.45) is 0.845. The zero-order valence-electron chi connectivity index (χ0n) is 20.7. The molecule has 0 radical (unpaired) electrons.